The van der Waals surface area contributed by atoms with Crippen molar-refractivity contribution < 1.29 is 4.39 Å². The van der Waals surface area contributed by atoms with Crippen LogP contribution in [-0.4, -0.2) is 24.4 Å². The third kappa shape index (κ3) is 4.16. The first kappa shape index (κ1) is 14.7. The summed E-state index contributed by atoms with van der Waals surface area (Å²) in [6.07, 6.45) is 4.13. The van der Waals surface area contributed by atoms with Gasteiger partial charge in [0.2, 0.25) is 0 Å². The van der Waals surface area contributed by atoms with Gasteiger partial charge >= 0.3 is 0 Å². The minimum absolute atomic E-state index is 0.289. The van der Waals surface area contributed by atoms with E-state index in [4.69, 9.17) is 5.73 Å². The highest BCUT2D eigenvalue weighted by atomic mass is 32.2. The Bertz CT molecular complexity index is 432. The SMILES string of the molecule is C=CN=C(SC)c1ccc(NCCCN)cc1F. The van der Waals surface area contributed by atoms with Crippen molar-refractivity contribution in [2.75, 3.05) is 24.7 Å². The third-order valence-electron chi connectivity index (χ3n) is 2.31. The van der Waals surface area contributed by atoms with Crippen LogP contribution in [0, 0.1) is 5.82 Å². The molecule has 98 valence electrons. The standard InChI is InChI=1S/C13H18FN3S/c1-3-16-13(18-2)11-6-5-10(9-12(11)14)17-8-4-7-15/h3,5-6,9,17H,1,4,7-8,15H2,2H3. The van der Waals surface area contributed by atoms with Crippen molar-refractivity contribution in [3.8, 4) is 0 Å². The Labute approximate surface area is 111 Å². The quantitative estimate of drug-likeness (QED) is 0.473. The molecule has 18 heavy (non-hydrogen) atoms. The molecule has 1 aromatic carbocycles. The van der Waals surface area contributed by atoms with Gasteiger partial charge in [0.15, 0.2) is 0 Å². The maximum absolute atomic E-state index is 13.9. The van der Waals surface area contributed by atoms with E-state index in [2.05, 4.69) is 16.9 Å². The molecule has 0 unspecified atom stereocenters. The lowest BCUT2D eigenvalue weighted by atomic mass is 10.2. The number of nitrogens with one attached hydrogen (secondary N) is 1. The van der Waals surface area contributed by atoms with Gasteiger partial charge < -0.3 is 11.1 Å². The summed E-state index contributed by atoms with van der Waals surface area (Å²) in [4.78, 5) is 4.05. The van der Waals surface area contributed by atoms with Gasteiger partial charge in [-0.1, -0.05) is 6.58 Å². The Hall–Kier alpha value is -1.33. The van der Waals surface area contributed by atoms with Crippen LogP contribution in [0.25, 0.3) is 0 Å². The van der Waals surface area contributed by atoms with E-state index < -0.39 is 0 Å². The van der Waals surface area contributed by atoms with Crippen molar-refractivity contribution in [3.63, 3.8) is 0 Å². The summed E-state index contributed by atoms with van der Waals surface area (Å²) >= 11 is 1.39. The highest BCUT2D eigenvalue weighted by Crippen LogP contribution is 2.19. The molecule has 0 fully saturated rings. The van der Waals surface area contributed by atoms with E-state index in [9.17, 15) is 4.39 Å². The Morgan fingerprint density at radius 2 is 2.39 bits per heavy atom. The number of hydrogen-bond acceptors (Lipinski definition) is 4. The zero-order chi connectivity index (χ0) is 13.4. The molecule has 0 aliphatic heterocycles. The van der Waals surface area contributed by atoms with Gasteiger partial charge in [-0.15, -0.1) is 11.8 Å². The van der Waals surface area contributed by atoms with Gasteiger partial charge in [-0.05, 0) is 37.4 Å². The van der Waals surface area contributed by atoms with E-state index in [-0.39, 0.29) is 5.82 Å². The number of thioether (sulfide) groups is 1. The van der Waals surface area contributed by atoms with E-state index in [1.807, 2.05) is 12.3 Å². The van der Waals surface area contributed by atoms with Gasteiger partial charge in [0.25, 0.3) is 0 Å². The topological polar surface area (TPSA) is 50.4 Å². The van der Waals surface area contributed by atoms with E-state index in [1.165, 1.54) is 24.0 Å². The van der Waals surface area contributed by atoms with Crippen molar-refractivity contribution in [1.29, 1.82) is 0 Å². The van der Waals surface area contributed by atoms with Crippen LogP contribution in [0.2, 0.25) is 0 Å². The number of nitrogens with zero attached hydrogens (tertiary/aromatic N) is 1. The smallest absolute Gasteiger partial charge is 0.135 e. The van der Waals surface area contributed by atoms with Crippen molar-refractivity contribution >= 4 is 22.5 Å². The maximum Gasteiger partial charge on any atom is 0.135 e. The van der Waals surface area contributed by atoms with Crippen LogP contribution >= 0.6 is 11.8 Å². The number of halogens is 1. The summed E-state index contributed by atoms with van der Waals surface area (Å²) < 4.78 is 13.9. The number of rotatable bonds is 6. The summed E-state index contributed by atoms with van der Waals surface area (Å²) in [5, 5.41) is 3.74. The van der Waals surface area contributed by atoms with E-state index >= 15 is 0 Å². The Morgan fingerprint density at radius 1 is 1.61 bits per heavy atom. The largest absolute Gasteiger partial charge is 0.385 e. The zero-order valence-corrected chi connectivity index (χ0v) is 11.3. The van der Waals surface area contributed by atoms with Crippen LogP contribution in [0.5, 0.6) is 0 Å². The molecule has 0 amide bonds. The van der Waals surface area contributed by atoms with Gasteiger partial charge in [0.05, 0.1) is 0 Å². The van der Waals surface area contributed by atoms with Gasteiger partial charge in [0.1, 0.15) is 10.9 Å². The van der Waals surface area contributed by atoms with Crippen molar-refractivity contribution in [1.82, 2.24) is 0 Å². The second-order valence-corrected chi connectivity index (χ2v) is 4.38. The number of hydrogen-bond donors (Lipinski definition) is 2. The normalized spacial score (nSPS) is 11.4. The Kier molecular flexibility index (Phi) is 6.46. The summed E-state index contributed by atoms with van der Waals surface area (Å²) in [6.45, 7) is 4.89. The lowest BCUT2D eigenvalue weighted by Gasteiger charge is -2.08. The molecule has 0 aliphatic carbocycles. The number of benzene rings is 1. The fraction of sp³-hybridized carbons (Fsp3) is 0.308. The molecule has 1 rings (SSSR count). The first-order valence-electron chi connectivity index (χ1n) is 5.69. The molecule has 0 saturated carbocycles. The summed E-state index contributed by atoms with van der Waals surface area (Å²) in [6, 6.07) is 5.03. The van der Waals surface area contributed by atoms with E-state index in [0.717, 1.165) is 18.7 Å². The minimum atomic E-state index is -0.289. The second kappa shape index (κ2) is 7.89. The molecule has 5 heteroatoms. The van der Waals surface area contributed by atoms with Crippen molar-refractivity contribution in [2.24, 2.45) is 10.7 Å². The molecule has 0 atom stereocenters. The Balaban J connectivity index is 2.85. The molecule has 3 N–H and O–H groups in total. The average molecular weight is 267 g/mol. The van der Waals surface area contributed by atoms with Crippen molar-refractivity contribution in [3.05, 3.63) is 42.4 Å². The van der Waals surface area contributed by atoms with Crippen LogP contribution in [0.4, 0.5) is 10.1 Å². The molecule has 0 aromatic heterocycles. The molecule has 3 nitrogen and oxygen atoms in total. The summed E-state index contributed by atoms with van der Waals surface area (Å²) in [5.74, 6) is -0.289. The maximum atomic E-state index is 13.9. The second-order valence-electron chi connectivity index (χ2n) is 3.58. The first-order valence-corrected chi connectivity index (χ1v) is 6.92. The Morgan fingerprint density at radius 3 is 2.94 bits per heavy atom. The molecule has 0 heterocycles. The van der Waals surface area contributed by atoms with Crippen LogP contribution < -0.4 is 11.1 Å². The third-order valence-corrected chi connectivity index (χ3v) is 3.02. The fourth-order valence-electron chi connectivity index (χ4n) is 1.45. The van der Waals surface area contributed by atoms with Gasteiger partial charge in [-0.2, -0.15) is 0 Å². The predicted octanol–water partition coefficient (Wildman–Crippen LogP) is 2.84. The lowest BCUT2D eigenvalue weighted by Crippen LogP contribution is -2.09. The summed E-state index contributed by atoms with van der Waals surface area (Å²) in [5.41, 5.74) is 6.64. The van der Waals surface area contributed by atoms with Gasteiger partial charge in [-0.25, -0.2) is 9.38 Å². The first-order chi connectivity index (χ1) is 8.72. The van der Waals surface area contributed by atoms with Crippen molar-refractivity contribution in [2.45, 2.75) is 6.42 Å². The molecular weight excluding hydrogens is 249 g/mol. The molecule has 0 aliphatic rings. The highest BCUT2D eigenvalue weighted by molar-refractivity contribution is 8.13. The van der Waals surface area contributed by atoms with Crippen LogP contribution in [-0.2, 0) is 0 Å². The molecule has 1 aromatic rings. The monoisotopic (exact) mass is 267 g/mol. The van der Waals surface area contributed by atoms with Crippen LogP contribution in [0.15, 0.2) is 36.0 Å². The molecule has 0 saturated heterocycles. The number of anilines is 1. The van der Waals surface area contributed by atoms with Gasteiger partial charge in [-0.3, -0.25) is 0 Å². The number of aliphatic imine (C=N–C) groups is 1. The van der Waals surface area contributed by atoms with Crippen LogP contribution in [0.1, 0.15) is 12.0 Å². The van der Waals surface area contributed by atoms with E-state index in [1.54, 1.807) is 6.07 Å². The van der Waals surface area contributed by atoms with E-state index in [0.29, 0.717) is 17.2 Å². The molecule has 0 spiro atoms. The minimum Gasteiger partial charge on any atom is -0.385 e. The lowest BCUT2D eigenvalue weighted by molar-refractivity contribution is 0.626. The highest BCUT2D eigenvalue weighted by Gasteiger charge is 2.08. The molecule has 0 radical (unpaired) electrons. The molecule has 0 bridgehead atoms. The predicted molar refractivity (Wildman–Crippen MR) is 78.8 cm³/mol. The summed E-state index contributed by atoms with van der Waals surface area (Å²) in [7, 11) is 0. The molecular formula is C13H18FN3S. The zero-order valence-electron chi connectivity index (χ0n) is 10.4. The fourth-order valence-corrected chi connectivity index (χ4v) is 2.01. The number of nitrogens with two attached hydrogens (primary N) is 1. The van der Waals surface area contributed by atoms with Gasteiger partial charge in [0, 0.05) is 24.0 Å². The average Bonchev–Trinajstić information content (AvgIpc) is 2.37. The van der Waals surface area contributed by atoms with Crippen LogP contribution in [0.3, 0.4) is 0 Å².